The van der Waals surface area contributed by atoms with E-state index in [2.05, 4.69) is 4.98 Å². The van der Waals surface area contributed by atoms with Gasteiger partial charge in [0.25, 0.3) is 0 Å². The van der Waals surface area contributed by atoms with Crippen LogP contribution in [0.2, 0.25) is 0 Å². The lowest BCUT2D eigenvalue weighted by molar-refractivity contribution is 0.295. The van der Waals surface area contributed by atoms with Crippen LogP contribution < -0.4 is 10.5 Å². The lowest BCUT2D eigenvalue weighted by Gasteiger charge is -2.07. The molecule has 0 aliphatic heterocycles. The number of pyridine rings is 1. The molecule has 0 saturated carbocycles. The second kappa shape index (κ2) is 7.33. The van der Waals surface area contributed by atoms with Gasteiger partial charge in [-0.1, -0.05) is 13.8 Å². The summed E-state index contributed by atoms with van der Waals surface area (Å²) in [7, 11) is 0. The summed E-state index contributed by atoms with van der Waals surface area (Å²) in [6, 6.07) is 2.00. The summed E-state index contributed by atoms with van der Waals surface area (Å²) in [4.78, 5) is 4.00. The highest BCUT2D eigenvalue weighted by Gasteiger charge is 1.96. The van der Waals surface area contributed by atoms with Gasteiger partial charge < -0.3 is 10.5 Å². The third kappa shape index (κ3) is 5.54. The minimum absolute atomic E-state index is 0.0607. The van der Waals surface area contributed by atoms with E-state index in [0.29, 0.717) is 6.61 Å². The fraction of sp³-hybridized carbons (Fsp3) is 0.545. The van der Waals surface area contributed by atoms with Crippen molar-refractivity contribution in [3.8, 4) is 5.75 Å². The Balaban J connectivity index is 0.000000791. The molecule has 0 radical (unpaired) electrons. The van der Waals surface area contributed by atoms with Gasteiger partial charge in [0.15, 0.2) is 0 Å². The zero-order valence-corrected chi connectivity index (χ0v) is 9.45. The van der Waals surface area contributed by atoms with Crippen molar-refractivity contribution in [1.82, 2.24) is 4.98 Å². The molecule has 1 aromatic rings. The molecule has 0 spiro atoms. The predicted molar refractivity (Wildman–Crippen MR) is 59.5 cm³/mol. The molecule has 1 rings (SSSR count). The molecule has 1 heterocycles. The third-order valence-electron chi connectivity index (χ3n) is 1.36. The average Bonchev–Trinajstić information content (AvgIpc) is 2.18. The van der Waals surface area contributed by atoms with Gasteiger partial charge in [-0.05, 0) is 25.5 Å². The Morgan fingerprint density at radius 3 is 2.57 bits per heavy atom. The van der Waals surface area contributed by atoms with Crippen molar-refractivity contribution in [2.75, 3.05) is 6.61 Å². The smallest absolute Gasteiger partial charge is 0.137 e. The maximum absolute atomic E-state index is 5.53. The molecule has 1 unspecified atom stereocenters. The number of hydrogen-bond donors (Lipinski definition) is 1. The van der Waals surface area contributed by atoms with Gasteiger partial charge in [0.05, 0.1) is 6.20 Å². The highest BCUT2D eigenvalue weighted by molar-refractivity contribution is 5.22. The second-order valence-electron chi connectivity index (χ2n) is 2.99. The van der Waals surface area contributed by atoms with Crippen molar-refractivity contribution in [3.63, 3.8) is 0 Å². The number of aromatic nitrogens is 1. The van der Waals surface area contributed by atoms with Crippen LogP contribution >= 0.6 is 0 Å². The van der Waals surface area contributed by atoms with E-state index in [0.717, 1.165) is 11.3 Å². The van der Waals surface area contributed by atoms with E-state index in [-0.39, 0.29) is 6.04 Å². The molecular weight excluding hydrogens is 176 g/mol. The Kier molecular flexibility index (Phi) is 6.76. The Morgan fingerprint density at radius 2 is 2.07 bits per heavy atom. The molecule has 2 N–H and O–H groups in total. The first-order valence-electron chi connectivity index (χ1n) is 4.98. The molecule has 14 heavy (non-hydrogen) atoms. The first-order chi connectivity index (χ1) is 6.68. The zero-order chi connectivity index (χ0) is 11.0. The highest BCUT2D eigenvalue weighted by atomic mass is 16.5. The molecule has 0 aliphatic carbocycles. The van der Waals surface area contributed by atoms with Crippen LogP contribution in [0.3, 0.4) is 0 Å². The number of nitrogens with zero attached hydrogens (tertiary/aromatic N) is 1. The number of ether oxygens (including phenoxy) is 1. The van der Waals surface area contributed by atoms with Gasteiger partial charge in [0.1, 0.15) is 12.4 Å². The summed E-state index contributed by atoms with van der Waals surface area (Å²) in [6.07, 6.45) is 3.48. The molecule has 1 atom stereocenters. The summed E-state index contributed by atoms with van der Waals surface area (Å²) in [5, 5.41) is 0. The molecule has 1 aromatic heterocycles. The van der Waals surface area contributed by atoms with Crippen LogP contribution in [0.15, 0.2) is 18.5 Å². The zero-order valence-electron chi connectivity index (χ0n) is 9.45. The van der Waals surface area contributed by atoms with Crippen molar-refractivity contribution in [1.29, 1.82) is 0 Å². The molecule has 0 aromatic carbocycles. The van der Waals surface area contributed by atoms with Crippen molar-refractivity contribution < 1.29 is 4.74 Å². The van der Waals surface area contributed by atoms with Crippen molar-refractivity contribution in [2.24, 2.45) is 5.73 Å². The van der Waals surface area contributed by atoms with Crippen LogP contribution in [0.5, 0.6) is 5.75 Å². The molecule has 0 saturated heterocycles. The standard InChI is InChI=1S/C9H14N2O.C2H6/c1-7-3-9(5-11-4-7)12-6-8(2)10;1-2/h3-5,8H,6,10H2,1-2H3;1-2H3. The van der Waals surface area contributed by atoms with Gasteiger partial charge in [-0.25, -0.2) is 0 Å². The summed E-state index contributed by atoms with van der Waals surface area (Å²) >= 11 is 0. The lowest BCUT2D eigenvalue weighted by atomic mass is 10.3. The summed E-state index contributed by atoms with van der Waals surface area (Å²) in [5.41, 5.74) is 6.63. The Hall–Kier alpha value is -1.09. The lowest BCUT2D eigenvalue weighted by Crippen LogP contribution is -2.23. The van der Waals surface area contributed by atoms with Gasteiger partial charge in [-0.3, -0.25) is 4.98 Å². The fourth-order valence-electron chi connectivity index (χ4n) is 0.834. The number of aryl methyl sites for hydroxylation is 1. The number of nitrogens with two attached hydrogens (primary N) is 1. The quantitative estimate of drug-likeness (QED) is 0.805. The van der Waals surface area contributed by atoms with Crippen LogP contribution in [0.25, 0.3) is 0 Å². The maximum Gasteiger partial charge on any atom is 0.137 e. The van der Waals surface area contributed by atoms with Crippen molar-refractivity contribution >= 4 is 0 Å². The summed E-state index contributed by atoms with van der Waals surface area (Å²) in [5.74, 6) is 0.785. The van der Waals surface area contributed by atoms with Crippen LogP contribution in [-0.2, 0) is 0 Å². The largest absolute Gasteiger partial charge is 0.490 e. The van der Waals surface area contributed by atoms with E-state index in [9.17, 15) is 0 Å². The Labute approximate surface area is 86.3 Å². The number of rotatable bonds is 3. The molecule has 0 amide bonds. The van der Waals surface area contributed by atoms with Gasteiger partial charge in [-0.15, -0.1) is 0 Å². The molecule has 3 heteroatoms. The van der Waals surface area contributed by atoms with E-state index in [1.807, 2.05) is 33.8 Å². The van der Waals surface area contributed by atoms with Crippen molar-refractivity contribution in [2.45, 2.75) is 33.7 Å². The topological polar surface area (TPSA) is 48.1 Å². The normalized spacial score (nSPS) is 11.2. The van der Waals surface area contributed by atoms with Gasteiger partial charge in [0, 0.05) is 12.2 Å². The molecular formula is C11H20N2O. The summed E-state index contributed by atoms with van der Waals surface area (Å²) < 4.78 is 5.36. The maximum atomic E-state index is 5.53. The van der Waals surface area contributed by atoms with E-state index >= 15 is 0 Å². The first kappa shape index (κ1) is 12.9. The molecule has 0 bridgehead atoms. The van der Waals surface area contributed by atoms with E-state index in [1.54, 1.807) is 12.4 Å². The van der Waals surface area contributed by atoms with Crippen LogP contribution in [-0.4, -0.2) is 17.6 Å². The third-order valence-corrected chi connectivity index (χ3v) is 1.36. The van der Waals surface area contributed by atoms with Crippen LogP contribution in [0.4, 0.5) is 0 Å². The number of hydrogen-bond acceptors (Lipinski definition) is 3. The minimum atomic E-state index is 0.0607. The van der Waals surface area contributed by atoms with Gasteiger partial charge in [0.2, 0.25) is 0 Å². The van der Waals surface area contributed by atoms with E-state index in [4.69, 9.17) is 10.5 Å². The highest BCUT2D eigenvalue weighted by Crippen LogP contribution is 2.09. The fourth-order valence-corrected chi connectivity index (χ4v) is 0.834. The van der Waals surface area contributed by atoms with Crippen molar-refractivity contribution in [3.05, 3.63) is 24.0 Å². The van der Waals surface area contributed by atoms with Crippen LogP contribution in [0, 0.1) is 6.92 Å². The van der Waals surface area contributed by atoms with Crippen LogP contribution in [0.1, 0.15) is 26.3 Å². The average molecular weight is 196 g/mol. The SMILES string of the molecule is CC.Cc1cncc(OCC(C)N)c1. The summed E-state index contributed by atoms with van der Waals surface area (Å²) in [6.45, 7) is 8.42. The van der Waals surface area contributed by atoms with Gasteiger partial charge >= 0.3 is 0 Å². The first-order valence-corrected chi connectivity index (χ1v) is 4.98. The minimum Gasteiger partial charge on any atom is -0.490 e. The molecule has 0 aliphatic rings. The molecule has 80 valence electrons. The monoisotopic (exact) mass is 196 g/mol. The predicted octanol–water partition coefficient (Wildman–Crippen LogP) is 2.14. The van der Waals surface area contributed by atoms with Gasteiger partial charge in [-0.2, -0.15) is 0 Å². The second-order valence-corrected chi connectivity index (χ2v) is 2.99. The molecule has 0 fully saturated rings. The van der Waals surface area contributed by atoms with E-state index in [1.165, 1.54) is 0 Å². The van der Waals surface area contributed by atoms with E-state index < -0.39 is 0 Å². The molecule has 3 nitrogen and oxygen atoms in total. The Bertz CT molecular complexity index is 249. The Morgan fingerprint density at radius 1 is 1.43 bits per heavy atom.